The number of hydrogen-bond acceptors (Lipinski definition) is 10. The molecule has 0 bridgehead atoms. The molecule has 6 N–H and O–H groups in total. The molecule has 1 aliphatic rings. The quantitative estimate of drug-likeness (QED) is 0.0149. The lowest BCUT2D eigenvalue weighted by atomic mass is 9.99. The van der Waals surface area contributed by atoms with E-state index in [1.165, 1.54) is 44.9 Å². The van der Waals surface area contributed by atoms with Crippen LogP contribution in [-0.4, -0.2) is 99.6 Å². The van der Waals surface area contributed by atoms with Gasteiger partial charge in [-0.15, -0.1) is 0 Å². The summed E-state index contributed by atoms with van der Waals surface area (Å²) in [5.41, 5.74) is 0. The minimum absolute atomic E-state index is 0.0663. The molecule has 76 heavy (non-hydrogen) atoms. The highest BCUT2D eigenvalue weighted by Crippen LogP contribution is 2.26. The molecule has 11 heteroatoms. The Labute approximate surface area is 461 Å². The first kappa shape index (κ1) is 69.8. The van der Waals surface area contributed by atoms with Crippen LogP contribution in [0.1, 0.15) is 201 Å². The highest BCUT2D eigenvalue weighted by Gasteiger charge is 2.47. The molecule has 0 radical (unpaired) electrons. The Morgan fingerprint density at radius 3 is 1.58 bits per heavy atom. The van der Waals surface area contributed by atoms with Crippen LogP contribution in [0.3, 0.4) is 0 Å². The second-order valence-electron chi connectivity index (χ2n) is 19.7. The topological polar surface area (TPSA) is 175 Å². The summed E-state index contributed by atoms with van der Waals surface area (Å²) in [6.45, 7) is 5.46. The number of aliphatic hydroxyl groups excluding tert-OH is 5. The van der Waals surface area contributed by atoms with E-state index < -0.39 is 67.4 Å². The van der Waals surface area contributed by atoms with Crippen molar-refractivity contribution in [3.8, 4) is 0 Å². The summed E-state index contributed by atoms with van der Waals surface area (Å²) in [5, 5.41) is 56.8. The maximum absolute atomic E-state index is 13.4. The molecule has 1 fully saturated rings. The summed E-state index contributed by atoms with van der Waals surface area (Å²) in [4.78, 5) is 26.5. The first-order valence-electron chi connectivity index (χ1n) is 29.5. The van der Waals surface area contributed by atoms with Gasteiger partial charge >= 0.3 is 5.97 Å². The van der Waals surface area contributed by atoms with Crippen molar-refractivity contribution in [1.82, 2.24) is 5.32 Å². The highest BCUT2D eigenvalue weighted by molar-refractivity contribution is 5.80. The van der Waals surface area contributed by atoms with Crippen LogP contribution in [0.5, 0.6) is 0 Å². The van der Waals surface area contributed by atoms with Crippen LogP contribution in [0, 0.1) is 0 Å². The van der Waals surface area contributed by atoms with E-state index in [0.29, 0.717) is 12.8 Å². The van der Waals surface area contributed by atoms with Gasteiger partial charge in [-0.2, -0.15) is 0 Å². The van der Waals surface area contributed by atoms with Crippen molar-refractivity contribution in [2.75, 3.05) is 13.2 Å². The number of carbonyl (C=O) groups is 2. The number of ether oxygens (including phenoxy) is 3. The van der Waals surface area contributed by atoms with Crippen molar-refractivity contribution >= 4 is 11.9 Å². The monoisotopic (exact) mass is 1060 g/mol. The van der Waals surface area contributed by atoms with E-state index in [1.54, 1.807) is 6.08 Å². The van der Waals surface area contributed by atoms with E-state index in [1.807, 2.05) is 42.5 Å². The zero-order chi connectivity index (χ0) is 55.4. The fraction of sp³-hybridized carbons (Fsp3) is 0.631. The lowest BCUT2D eigenvalue weighted by Gasteiger charge is -2.41. The van der Waals surface area contributed by atoms with Gasteiger partial charge in [0.05, 0.1) is 25.4 Å². The standard InChI is InChI=1S/C65H105NO10/c1-4-7-10-13-16-19-22-25-26-27-28-29-30-31-32-33-35-37-40-43-46-49-52-58(69)64(73)66-56(57(68)51-48-45-42-39-36-24-21-18-15-12-9-6-3)55-74-65-63(62(72)61(71)59(54-67)75-65)76-60(70)53-50-47-44-41-38-34-23-20-17-14-11-8-5-2/h7-8,10-11,14,16-17,19-20,23,25-26,28-29,31-32,34-35,37-38,48,51,56-59,61-63,65,67-69,71-72H,4-6,9,12-13,15,18,21-22,24,27,30,33,36,39-47,49-50,52-55H2,1-3H3,(H,66,73)/b10-7-,11-8+,17-14+,19-16-,23-20-,26-25-,29-28-,32-31-,37-35-,38-34-,51-48+. The van der Waals surface area contributed by atoms with Gasteiger partial charge in [-0.3, -0.25) is 9.59 Å². The predicted molar refractivity (Wildman–Crippen MR) is 314 cm³/mol. The second-order valence-corrected chi connectivity index (χ2v) is 19.7. The van der Waals surface area contributed by atoms with Gasteiger partial charge in [0.15, 0.2) is 12.4 Å². The van der Waals surface area contributed by atoms with Gasteiger partial charge < -0.3 is 45.1 Å². The van der Waals surface area contributed by atoms with Gasteiger partial charge in [0.25, 0.3) is 0 Å². The summed E-state index contributed by atoms with van der Waals surface area (Å²) in [7, 11) is 0. The number of allylic oxidation sites excluding steroid dienone is 21. The number of carbonyl (C=O) groups excluding carboxylic acids is 2. The molecular formula is C65H105NO10. The maximum Gasteiger partial charge on any atom is 0.306 e. The zero-order valence-electron chi connectivity index (χ0n) is 47.3. The Bertz CT molecular complexity index is 1740. The van der Waals surface area contributed by atoms with Crippen molar-refractivity contribution < 1.29 is 49.3 Å². The molecule has 0 aliphatic carbocycles. The second kappa shape index (κ2) is 51.6. The molecule has 0 spiro atoms. The van der Waals surface area contributed by atoms with E-state index in [4.69, 9.17) is 14.2 Å². The molecule has 1 heterocycles. The molecule has 1 rings (SSSR count). The fourth-order valence-corrected chi connectivity index (χ4v) is 8.25. The summed E-state index contributed by atoms with van der Waals surface area (Å²) in [5.74, 6) is -1.28. The van der Waals surface area contributed by atoms with Crippen LogP contribution in [0.15, 0.2) is 134 Å². The first-order chi connectivity index (χ1) is 37.2. The molecule has 430 valence electrons. The van der Waals surface area contributed by atoms with Crippen molar-refractivity contribution in [1.29, 1.82) is 0 Å². The Morgan fingerprint density at radius 2 is 1.01 bits per heavy atom. The first-order valence-corrected chi connectivity index (χ1v) is 29.5. The van der Waals surface area contributed by atoms with E-state index in [9.17, 15) is 35.1 Å². The molecule has 1 aliphatic heterocycles. The van der Waals surface area contributed by atoms with Gasteiger partial charge in [0.1, 0.15) is 24.4 Å². The smallest absolute Gasteiger partial charge is 0.306 e. The van der Waals surface area contributed by atoms with Crippen LogP contribution in [0.4, 0.5) is 0 Å². The van der Waals surface area contributed by atoms with Gasteiger partial charge in [-0.1, -0.05) is 231 Å². The molecular weight excluding hydrogens is 955 g/mol. The number of amides is 1. The van der Waals surface area contributed by atoms with Crippen LogP contribution in [0.2, 0.25) is 0 Å². The van der Waals surface area contributed by atoms with Crippen LogP contribution in [-0.2, 0) is 23.8 Å². The van der Waals surface area contributed by atoms with Crippen molar-refractivity contribution in [2.45, 2.75) is 250 Å². The number of rotatable bonds is 47. The van der Waals surface area contributed by atoms with E-state index in [0.717, 1.165) is 109 Å². The fourth-order valence-electron chi connectivity index (χ4n) is 8.25. The third kappa shape index (κ3) is 39.2. The molecule has 0 aromatic heterocycles. The third-order valence-electron chi connectivity index (χ3n) is 12.9. The minimum atomic E-state index is -1.64. The van der Waals surface area contributed by atoms with Crippen molar-refractivity contribution in [3.63, 3.8) is 0 Å². The van der Waals surface area contributed by atoms with Crippen molar-refractivity contribution in [2.24, 2.45) is 0 Å². The zero-order valence-corrected chi connectivity index (χ0v) is 47.3. The number of esters is 1. The predicted octanol–water partition coefficient (Wildman–Crippen LogP) is 13.7. The molecule has 0 aromatic carbocycles. The molecule has 1 amide bonds. The number of aliphatic hydroxyl groups is 5. The lowest BCUT2D eigenvalue weighted by molar-refractivity contribution is -0.305. The average molecular weight is 1060 g/mol. The van der Waals surface area contributed by atoms with E-state index in [-0.39, 0.29) is 19.4 Å². The Hall–Kier alpha value is -4.20. The van der Waals surface area contributed by atoms with Gasteiger partial charge in [0, 0.05) is 6.42 Å². The highest BCUT2D eigenvalue weighted by atomic mass is 16.7. The van der Waals surface area contributed by atoms with Crippen LogP contribution >= 0.6 is 0 Å². The Morgan fingerprint density at radius 1 is 0.539 bits per heavy atom. The van der Waals surface area contributed by atoms with E-state index >= 15 is 0 Å². The molecule has 1 saturated heterocycles. The van der Waals surface area contributed by atoms with Crippen LogP contribution in [0.25, 0.3) is 0 Å². The largest absolute Gasteiger partial charge is 0.454 e. The number of nitrogens with one attached hydrogen (secondary N) is 1. The molecule has 0 aromatic rings. The lowest BCUT2D eigenvalue weighted by Crippen LogP contribution is -2.61. The summed E-state index contributed by atoms with van der Waals surface area (Å²) < 4.78 is 17.5. The summed E-state index contributed by atoms with van der Waals surface area (Å²) in [6, 6.07) is -1.06. The molecule has 0 saturated carbocycles. The number of hydrogen-bond donors (Lipinski definition) is 6. The number of unbranched alkanes of at least 4 members (excludes halogenated alkanes) is 16. The molecule has 8 atom stereocenters. The maximum atomic E-state index is 13.4. The molecule has 11 nitrogen and oxygen atoms in total. The molecule has 8 unspecified atom stereocenters. The summed E-state index contributed by atoms with van der Waals surface area (Å²) >= 11 is 0. The Kier molecular flexibility index (Phi) is 47.4. The normalized spacial score (nSPS) is 20.1. The van der Waals surface area contributed by atoms with Gasteiger partial charge in [0.2, 0.25) is 5.91 Å². The minimum Gasteiger partial charge on any atom is -0.454 e. The van der Waals surface area contributed by atoms with Crippen molar-refractivity contribution in [3.05, 3.63) is 134 Å². The van der Waals surface area contributed by atoms with Crippen LogP contribution < -0.4 is 5.32 Å². The Balaban J connectivity index is 2.75. The SMILES string of the molecule is CC/C=C\C/C=C\C/C=C\C/C=C\C/C=C\C/C=C\CCCCCC(O)C(=O)NC(COC1OC(CO)C(O)C(O)C1OC(=O)CCCCC\C=C/C=C\C=C\C=C\CC)C(O)/C=C/CCCCCCCCCCCC. The average Bonchev–Trinajstić information content (AvgIpc) is 3.42. The van der Waals surface area contributed by atoms with Gasteiger partial charge in [-0.25, -0.2) is 0 Å². The third-order valence-corrected chi connectivity index (χ3v) is 12.9. The van der Waals surface area contributed by atoms with E-state index in [2.05, 4.69) is 111 Å². The van der Waals surface area contributed by atoms with Gasteiger partial charge in [-0.05, 0) is 96.3 Å². The summed E-state index contributed by atoms with van der Waals surface area (Å²) in [6.07, 6.45) is 62.1.